The summed E-state index contributed by atoms with van der Waals surface area (Å²) in [6.07, 6.45) is 2.01. The van der Waals surface area contributed by atoms with Crippen LogP contribution in [0.5, 0.6) is 0 Å². The van der Waals surface area contributed by atoms with Crippen molar-refractivity contribution in [3.05, 3.63) is 29.6 Å². The number of hydrogen-bond acceptors (Lipinski definition) is 2. The van der Waals surface area contributed by atoms with E-state index in [1.165, 1.54) is 23.1 Å². The van der Waals surface area contributed by atoms with Crippen molar-refractivity contribution < 1.29 is 14.0 Å². The number of halogens is 1. The minimum atomic E-state index is -0.350. The van der Waals surface area contributed by atoms with Gasteiger partial charge in [0.05, 0.1) is 6.54 Å². The van der Waals surface area contributed by atoms with Crippen molar-refractivity contribution in [2.75, 3.05) is 11.9 Å². The Labute approximate surface area is 109 Å². The zero-order valence-corrected chi connectivity index (χ0v) is 10.3. The molecule has 1 fully saturated rings. The molecule has 1 aliphatic carbocycles. The Morgan fingerprint density at radius 1 is 1.47 bits per heavy atom. The van der Waals surface area contributed by atoms with Gasteiger partial charge in [0.15, 0.2) is 0 Å². The van der Waals surface area contributed by atoms with Crippen molar-refractivity contribution >= 4 is 17.6 Å². The first-order valence-corrected chi connectivity index (χ1v) is 6.25. The van der Waals surface area contributed by atoms with Gasteiger partial charge >= 0.3 is 6.03 Å². The van der Waals surface area contributed by atoms with Crippen LogP contribution in [0, 0.1) is 5.82 Å². The first-order valence-electron chi connectivity index (χ1n) is 6.25. The second kappa shape index (κ2) is 4.53. The van der Waals surface area contributed by atoms with Crippen LogP contribution in [-0.2, 0) is 11.3 Å². The van der Waals surface area contributed by atoms with Crippen molar-refractivity contribution in [1.82, 2.24) is 10.2 Å². The predicted molar refractivity (Wildman–Crippen MR) is 67.0 cm³/mol. The van der Waals surface area contributed by atoms with Crippen LogP contribution in [0.3, 0.4) is 0 Å². The molecule has 0 bridgehead atoms. The largest absolute Gasteiger partial charge is 0.352 e. The number of nitrogens with one attached hydrogen (secondary N) is 2. The predicted octanol–water partition coefficient (Wildman–Crippen LogP) is 1.45. The summed E-state index contributed by atoms with van der Waals surface area (Å²) in [7, 11) is 0. The third-order valence-corrected chi connectivity index (χ3v) is 3.23. The summed E-state index contributed by atoms with van der Waals surface area (Å²) in [5.41, 5.74) is 1.28. The number of benzene rings is 1. The maximum atomic E-state index is 13.2. The number of urea groups is 1. The van der Waals surface area contributed by atoms with Crippen LogP contribution in [0.15, 0.2) is 18.2 Å². The van der Waals surface area contributed by atoms with Crippen molar-refractivity contribution in [2.24, 2.45) is 0 Å². The number of hydrogen-bond donors (Lipinski definition) is 2. The van der Waals surface area contributed by atoms with Gasteiger partial charge in [-0.15, -0.1) is 0 Å². The molecule has 1 aromatic carbocycles. The summed E-state index contributed by atoms with van der Waals surface area (Å²) in [6.45, 7) is 0.245. The van der Waals surface area contributed by atoms with Crippen LogP contribution >= 0.6 is 0 Å². The van der Waals surface area contributed by atoms with E-state index in [1.807, 2.05) is 0 Å². The van der Waals surface area contributed by atoms with Crippen LogP contribution < -0.4 is 10.6 Å². The van der Waals surface area contributed by atoms with Crippen LogP contribution in [0.2, 0.25) is 0 Å². The molecule has 1 saturated carbocycles. The van der Waals surface area contributed by atoms with E-state index in [2.05, 4.69) is 10.6 Å². The lowest BCUT2D eigenvalue weighted by Gasteiger charge is -2.28. The number of carbonyl (C=O) groups excluding carboxylic acids is 2. The Hall–Kier alpha value is -2.11. The van der Waals surface area contributed by atoms with Gasteiger partial charge in [-0.3, -0.25) is 4.79 Å². The molecule has 0 radical (unpaired) electrons. The van der Waals surface area contributed by atoms with E-state index in [4.69, 9.17) is 0 Å². The zero-order valence-electron chi connectivity index (χ0n) is 10.3. The molecular formula is C13H14FN3O2. The van der Waals surface area contributed by atoms with Gasteiger partial charge in [0.25, 0.3) is 0 Å². The lowest BCUT2D eigenvalue weighted by molar-refractivity contribution is -0.121. The van der Waals surface area contributed by atoms with Crippen molar-refractivity contribution in [3.63, 3.8) is 0 Å². The highest BCUT2D eigenvalue weighted by molar-refractivity contribution is 5.94. The van der Waals surface area contributed by atoms with Gasteiger partial charge in [0.1, 0.15) is 12.4 Å². The van der Waals surface area contributed by atoms with Crippen LogP contribution in [0.25, 0.3) is 0 Å². The topological polar surface area (TPSA) is 61.4 Å². The van der Waals surface area contributed by atoms with Crippen molar-refractivity contribution in [1.29, 1.82) is 0 Å². The number of amides is 3. The Kier molecular flexibility index (Phi) is 2.85. The molecule has 100 valence electrons. The third kappa shape index (κ3) is 2.67. The molecule has 2 N–H and O–H groups in total. The van der Waals surface area contributed by atoms with E-state index < -0.39 is 0 Å². The number of rotatable bonds is 3. The standard InChI is InChI=1S/C13H14FN3O2/c14-9-1-4-11-8(5-9)6-17(13(19)16-11)7-12(18)15-10-2-3-10/h1,4-5,10H,2-3,6-7H2,(H,15,18)(H,16,19). The molecule has 19 heavy (non-hydrogen) atoms. The molecule has 0 aromatic heterocycles. The molecule has 1 aliphatic heterocycles. The molecule has 1 heterocycles. The fourth-order valence-corrected chi connectivity index (χ4v) is 2.09. The zero-order chi connectivity index (χ0) is 13.4. The van der Waals surface area contributed by atoms with Gasteiger partial charge in [-0.05, 0) is 36.6 Å². The van der Waals surface area contributed by atoms with E-state index in [9.17, 15) is 14.0 Å². The Morgan fingerprint density at radius 3 is 3.00 bits per heavy atom. The summed E-state index contributed by atoms with van der Waals surface area (Å²) in [5, 5.41) is 5.47. The van der Waals surface area contributed by atoms with E-state index in [-0.39, 0.29) is 36.9 Å². The highest BCUT2D eigenvalue weighted by atomic mass is 19.1. The summed E-state index contributed by atoms with van der Waals surface area (Å²) in [6, 6.07) is 4.15. The first kappa shape index (κ1) is 12.0. The molecule has 6 heteroatoms. The van der Waals surface area contributed by atoms with Gasteiger partial charge in [-0.2, -0.15) is 0 Å². The molecule has 3 amide bonds. The number of carbonyl (C=O) groups is 2. The lowest BCUT2D eigenvalue weighted by Crippen LogP contribution is -2.45. The quantitative estimate of drug-likeness (QED) is 0.867. The summed E-state index contributed by atoms with van der Waals surface area (Å²) in [4.78, 5) is 24.9. The molecule has 0 unspecified atom stereocenters. The van der Waals surface area contributed by atoms with Crippen LogP contribution in [0.4, 0.5) is 14.9 Å². The molecule has 2 aliphatic rings. The fourth-order valence-electron chi connectivity index (χ4n) is 2.09. The smallest absolute Gasteiger partial charge is 0.322 e. The molecular weight excluding hydrogens is 249 g/mol. The highest BCUT2D eigenvalue weighted by Crippen LogP contribution is 2.24. The van der Waals surface area contributed by atoms with Crippen LogP contribution in [0.1, 0.15) is 18.4 Å². The van der Waals surface area contributed by atoms with Gasteiger partial charge in [0, 0.05) is 11.7 Å². The van der Waals surface area contributed by atoms with E-state index in [1.54, 1.807) is 0 Å². The van der Waals surface area contributed by atoms with Crippen LogP contribution in [-0.4, -0.2) is 29.4 Å². The number of nitrogens with zero attached hydrogens (tertiary/aromatic N) is 1. The Bertz CT molecular complexity index is 543. The monoisotopic (exact) mass is 263 g/mol. The van der Waals surface area contributed by atoms with Gasteiger partial charge in [0.2, 0.25) is 5.91 Å². The normalized spacial score (nSPS) is 17.7. The lowest BCUT2D eigenvalue weighted by atomic mass is 10.1. The van der Waals surface area contributed by atoms with Crippen molar-refractivity contribution in [2.45, 2.75) is 25.4 Å². The average Bonchev–Trinajstić information content (AvgIpc) is 3.14. The SMILES string of the molecule is O=C(CN1Cc2cc(F)ccc2NC1=O)NC1CC1. The summed E-state index contributed by atoms with van der Waals surface area (Å²) in [5.74, 6) is -0.519. The van der Waals surface area contributed by atoms with Crippen molar-refractivity contribution in [3.8, 4) is 0 Å². The summed E-state index contributed by atoms with van der Waals surface area (Å²) >= 11 is 0. The number of anilines is 1. The van der Waals surface area contributed by atoms with E-state index >= 15 is 0 Å². The molecule has 3 rings (SSSR count). The third-order valence-electron chi connectivity index (χ3n) is 3.23. The molecule has 0 atom stereocenters. The van der Waals surface area contributed by atoms with Gasteiger partial charge in [-0.25, -0.2) is 9.18 Å². The highest BCUT2D eigenvalue weighted by Gasteiger charge is 2.27. The molecule has 1 aromatic rings. The second-order valence-corrected chi connectivity index (χ2v) is 4.93. The van der Waals surface area contributed by atoms with E-state index in [0.717, 1.165) is 12.8 Å². The maximum Gasteiger partial charge on any atom is 0.322 e. The number of fused-ring (bicyclic) bond motifs is 1. The average molecular weight is 263 g/mol. The summed E-state index contributed by atoms with van der Waals surface area (Å²) < 4.78 is 13.2. The fraction of sp³-hybridized carbons (Fsp3) is 0.385. The Morgan fingerprint density at radius 2 is 2.26 bits per heavy atom. The molecule has 0 spiro atoms. The minimum Gasteiger partial charge on any atom is -0.352 e. The second-order valence-electron chi connectivity index (χ2n) is 4.93. The maximum absolute atomic E-state index is 13.2. The Balaban J connectivity index is 1.69. The minimum absolute atomic E-state index is 0.00170. The first-order chi connectivity index (χ1) is 9.11. The van der Waals surface area contributed by atoms with E-state index in [0.29, 0.717) is 11.3 Å². The molecule has 0 saturated heterocycles. The van der Waals surface area contributed by atoms with Gasteiger partial charge < -0.3 is 15.5 Å². The van der Waals surface area contributed by atoms with Gasteiger partial charge in [-0.1, -0.05) is 0 Å². The molecule has 5 nitrogen and oxygen atoms in total.